The van der Waals surface area contributed by atoms with Crippen molar-refractivity contribution in [3.63, 3.8) is 0 Å². The molecule has 9 nitrogen and oxygen atoms in total. The summed E-state index contributed by atoms with van der Waals surface area (Å²) in [6.07, 6.45) is 0.571. The zero-order valence-corrected chi connectivity index (χ0v) is 19.1. The van der Waals surface area contributed by atoms with Gasteiger partial charge in [0.15, 0.2) is 6.04 Å². The Labute approximate surface area is 197 Å². The lowest BCUT2D eigenvalue weighted by Gasteiger charge is -2.36. The first-order valence-electron chi connectivity index (χ1n) is 10.9. The molecule has 33 heavy (non-hydrogen) atoms. The van der Waals surface area contributed by atoms with Crippen LogP contribution in [0.5, 0.6) is 0 Å². The van der Waals surface area contributed by atoms with E-state index in [9.17, 15) is 9.59 Å². The first-order valence-corrected chi connectivity index (χ1v) is 11.3. The highest BCUT2D eigenvalue weighted by atomic mass is 35.5. The number of aromatic nitrogens is 4. The van der Waals surface area contributed by atoms with Crippen LogP contribution in [0.3, 0.4) is 0 Å². The first-order chi connectivity index (χ1) is 15.9. The van der Waals surface area contributed by atoms with Crippen LogP contribution in [-0.2, 0) is 11.3 Å². The highest BCUT2D eigenvalue weighted by Crippen LogP contribution is 2.20. The van der Waals surface area contributed by atoms with Gasteiger partial charge in [-0.3, -0.25) is 14.5 Å². The lowest BCUT2D eigenvalue weighted by atomic mass is 10.1. The van der Waals surface area contributed by atoms with Gasteiger partial charge in [0.05, 0.1) is 0 Å². The molecule has 2 amide bonds. The molecular weight excluding hydrogens is 442 g/mol. The van der Waals surface area contributed by atoms with Gasteiger partial charge >= 0.3 is 0 Å². The van der Waals surface area contributed by atoms with Crippen LogP contribution in [0.25, 0.3) is 11.4 Å². The first kappa shape index (κ1) is 22.9. The van der Waals surface area contributed by atoms with E-state index in [1.807, 2.05) is 36.1 Å². The Morgan fingerprint density at radius 3 is 2.30 bits per heavy atom. The minimum Gasteiger partial charge on any atom is -0.366 e. The largest absolute Gasteiger partial charge is 0.366 e. The van der Waals surface area contributed by atoms with Crippen molar-refractivity contribution in [3.05, 3.63) is 64.7 Å². The Morgan fingerprint density at radius 2 is 1.70 bits per heavy atom. The van der Waals surface area contributed by atoms with Crippen LogP contribution in [0.2, 0.25) is 5.02 Å². The molecule has 0 spiro atoms. The van der Waals surface area contributed by atoms with Crippen LogP contribution >= 0.6 is 11.6 Å². The minimum absolute atomic E-state index is 0.00279. The number of carbonyl (C=O) groups is 2. The number of benzene rings is 2. The number of hydrogen-bond donors (Lipinski definition) is 1. The van der Waals surface area contributed by atoms with Gasteiger partial charge in [-0.2, -0.15) is 4.80 Å². The van der Waals surface area contributed by atoms with Crippen molar-refractivity contribution in [2.45, 2.75) is 25.9 Å². The molecule has 1 saturated heterocycles. The molecule has 1 fully saturated rings. The van der Waals surface area contributed by atoms with Gasteiger partial charge in [-0.15, -0.1) is 10.2 Å². The smallest absolute Gasteiger partial charge is 0.249 e. The van der Waals surface area contributed by atoms with Gasteiger partial charge in [0.1, 0.15) is 0 Å². The van der Waals surface area contributed by atoms with Crippen molar-refractivity contribution in [2.75, 3.05) is 26.2 Å². The van der Waals surface area contributed by atoms with Gasteiger partial charge in [-0.05, 0) is 53.6 Å². The Balaban J connectivity index is 1.35. The molecular formula is C23H26ClN7O2. The second-order valence-electron chi connectivity index (χ2n) is 8.03. The predicted molar refractivity (Wildman–Crippen MR) is 124 cm³/mol. The number of nitrogens with two attached hydrogens (primary N) is 1. The Bertz CT molecular complexity index is 1110. The van der Waals surface area contributed by atoms with E-state index in [1.165, 1.54) is 4.80 Å². The molecule has 10 heteroatoms. The van der Waals surface area contributed by atoms with Gasteiger partial charge in [0, 0.05) is 48.9 Å². The number of amides is 2. The molecule has 4 rings (SSSR count). The lowest BCUT2D eigenvalue weighted by Crippen LogP contribution is -2.50. The molecule has 3 aromatic rings. The zero-order chi connectivity index (χ0) is 23.4. The van der Waals surface area contributed by atoms with E-state index >= 15 is 0 Å². The molecule has 172 valence electrons. The van der Waals surface area contributed by atoms with E-state index < -0.39 is 11.9 Å². The summed E-state index contributed by atoms with van der Waals surface area (Å²) in [5.74, 6) is 0.0365. The second-order valence-corrected chi connectivity index (χ2v) is 8.46. The topological polar surface area (TPSA) is 110 Å². The van der Waals surface area contributed by atoms with Crippen molar-refractivity contribution in [3.8, 4) is 11.4 Å². The van der Waals surface area contributed by atoms with Gasteiger partial charge in [0.2, 0.25) is 17.6 Å². The van der Waals surface area contributed by atoms with Crippen molar-refractivity contribution in [1.29, 1.82) is 0 Å². The van der Waals surface area contributed by atoms with E-state index in [1.54, 1.807) is 24.3 Å². The fourth-order valence-corrected chi connectivity index (χ4v) is 4.00. The molecule has 1 aliphatic heterocycles. The summed E-state index contributed by atoms with van der Waals surface area (Å²) < 4.78 is 0. The Morgan fingerprint density at radius 1 is 1.03 bits per heavy atom. The normalized spacial score (nSPS) is 15.4. The van der Waals surface area contributed by atoms with E-state index in [4.69, 9.17) is 17.3 Å². The predicted octanol–water partition coefficient (Wildman–Crippen LogP) is 2.39. The highest BCUT2D eigenvalue weighted by Gasteiger charge is 2.29. The summed E-state index contributed by atoms with van der Waals surface area (Å²) >= 11 is 5.95. The van der Waals surface area contributed by atoms with Gasteiger partial charge < -0.3 is 10.6 Å². The summed E-state index contributed by atoms with van der Waals surface area (Å²) in [5.41, 5.74) is 7.70. The molecule has 1 unspecified atom stereocenters. The van der Waals surface area contributed by atoms with Crippen LogP contribution in [0.4, 0.5) is 0 Å². The fraction of sp³-hybridized carbons (Fsp3) is 0.348. The third-order valence-corrected chi connectivity index (χ3v) is 6.06. The fourth-order valence-electron chi connectivity index (χ4n) is 3.88. The zero-order valence-electron chi connectivity index (χ0n) is 18.4. The molecule has 0 bridgehead atoms. The maximum Gasteiger partial charge on any atom is 0.249 e. The summed E-state index contributed by atoms with van der Waals surface area (Å²) in [5, 5.41) is 13.3. The van der Waals surface area contributed by atoms with Crippen molar-refractivity contribution in [1.82, 2.24) is 30.0 Å². The van der Waals surface area contributed by atoms with Crippen LogP contribution in [-0.4, -0.2) is 68.0 Å². The molecule has 0 radical (unpaired) electrons. The van der Waals surface area contributed by atoms with E-state index in [2.05, 4.69) is 20.3 Å². The van der Waals surface area contributed by atoms with Crippen LogP contribution < -0.4 is 5.73 Å². The van der Waals surface area contributed by atoms with Crippen molar-refractivity contribution < 1.29 is 9.59 Å². The van der Waals surface area contributed by atoms with Crippen LogP contribution in [0, 0.1) is 0 Å². The van der Waals surface area contributed by atoms with E-state index in [0.29, 0.717) is 35.9 Å². The monoisotopic (exact) mass is 467 g/mol. The SMILES string of the molecule is CCC(C(=O)N1CCN(Cc2ccc(C(N)=O)cc2)CC1)n1nnc(-c2ccc(Cl)cc2)n1. The number of rotatable bonds is 7. The molecule has 2 aromatic carbocycles. The van der Waals surface area contributed by atoms with E-state index in [-0.39, 0.29) is 5.91 Å². The van der Waals surface area contributed by atoms with Crippen LogP contribution in [0.15, 0.2) is 48.5 Å². The maximum atomic E-state index is 13.2. The molecule has 0 aliphatic carbocycles. The summed E-state index contributed by atoms with van der Waals surface area (Å²) in [7, 11) is 0. The number of nitrogens with zero attached hydrogens (tertiary/aromatic N) is 6. The Hall–Kier alpha value is -3.30. The molecule has 1 aromatic heterocycles. The number of piperazine rings is 1. The van der Waals surface area contributed by atoms with Crippen LogP contribution in [0.1, 0.15) is 35.3 Å². The summed E-state index contributed by atoms with van der Waals surface area (Å²) in [6.45, 7) is 5.50. The average Bonchev–Trinajstić information content (AvgIpc) is 3.30. The average molecular weight is 468 g/mol. The number of carbonyl (C=O) groups excluding carboxylic acids is 2. The third kappa shape index (κ3) is 5.37. The number of primary amides is 1. The van der Waals surface area contributed by atoms with Gasteiger partial charge in [-0.25, -0.2) is 0 Å². The third-order valence-electron chi connectivity index (χ3n) is 5.81. The molecule has 1 atom stereocenters. The van der Waals surface area contributed by atoms with Gasteiger partial charge in [0.25, 0.3) is 0 Å². The number of hydrogen-bond acceptors (Lipinski definition) is 6. The quantitative estimate of drug-likeness (QED) is 0.571. The molecule has 2 N–H and O–H groups in total. The molecule has 0 saturated carbocycles. The second kappa shape index (κ2) is 10.1. The standard InChI is InChI=1S/C23H26ClN7O2/c1-2-20(31-27-22(26-28-31)18-7-9-19(24)10-8-18)23(33)30-13-11-29(12-14-30)15-16-3-5-17(6-4-16)21(25)32/h3-10,20H,2,11-15H2,1H3,(H2,25,32). The lowest BCUT2D eigenvalue weighted by molar-refractivity contribution is -0.137. The maximum absolute atomic E-state index is 13.2. The molecule has 1 aliphatic rings. The number of tetrazole rings is 1. The molecule has 2 heterocycles. The highest BCUT2D eigenvalue weighted by molar-refractivity contribution is 6.30. The summed E-state index contributed by atoms with van der Waals surface area (Å²) in [6, 6.07) is 14.0. The van der Waals surface area contributed by atoms with Crippen molar-refractivity contribution >= 4 is 23.4 Å². The summed E-state index contributed by atoms with van der Waals surface area (Å²) in [4.78, 5) is 30.0. The Kier molecular flexibility index (Phi) is 7.00. The van der Waals surface area contributed by atoms with E-state index in [0.717, 1.165) is 30.8 Å². The number of halogens is 1. The minimum atomic E-state index is -0.494. The van der Waals surface area contributed by atoms with Gasteiger partial charge in [-0.1, -0.05) is 30.7 Å². The van der Waals surface area contributed by atoms with Crippen molar-refractivity contribution in [2.24, 2.45) is 5.73 Å².